The van der Waals surface area contributed by atoms with Crippen LogP contribution < -0.4 is 5.32 Å². The normalized spacial score (nSPS) is 25.7. The molecule has 138 valence electrons. The molecule has 2 aliphatic rings. The van der Waals surface area contributed by atoms with Gasteiger partial charge in [0.05, 0.1) is 23.9 Å². The summed E-state index contributed by atoms with van der Waals surface area (Å²) >= 11 is 5.67. The fraction of sp³-hybridized carbons (Fsp3) is 0.500. The number of pyridine rings is 1. The first-order chi connectivity index (χ1) is 12.8. The van der Waals surface area contributed by atoms with Crippen LogP contribution in [0.25, 0.3) is 0 Å². The predicted octanol–water partition coefficient (Wildman–Crippen LogP) is 3.44. The molecule has 4 rings (SSSR count). The summed E-state index contributed by atoms with van der Waals surface area (Å²) < 4.78 is 8.20. The van der Waals surface area contributed by atoms with E-state index in [4.69, 9.17) is 17.0 Å². The fourth-order valence-electron chi connectivity index (χ4n) is 4.08. The quantitative estimate of drug-likeness (QED) is 0.789. The van der Waals surface area contributed by atoms with Gasteiger partial charge in [-0.1, -0.05) is 13.0 Å². The number of hydrogen-bond acceptors (Lipinski definition) is 3. The zero-order chi connectivity index (χ0) is 17.9. The Bertz CT molecular complexity index is 741. The summed E-state index contributed by atoms with van der Waals surface area (Å²) in [5.74, 6) is 0. The predicted molar refractivity (Wildman–Crippen MR) is 106 cm³/mol. The Morgan fingerprint density at radius 1 is 1.31 bits per heavy atom. The summed E-state index contributed by atoms with van der Waals surface area (Å²) in [6, 6.07) is 10.6. The number of aromatic nitrogens is 2. The lowest BCUT2D eigenvalue weighted by atomic mass is 10.0. The van der Waals surface area contributed by atoms with E-state index in [1.54, 1.807) is 0 Å². The third-order valence-corrected chi connectivity index (χ3v) is 5.61. The van der Waals surface area contributed by atoms with Crippen LogP contribution in [0.2, 0.25) is 0 Å². The second-order valence-corrected chi connectivity index (χ2v) is 7.43. The van der Waals surface area contributed by atoms with E-state index in [0.29, 0.717) is 6.10 Å². The highest BCUT2D eigenvalue weighted by Crippen LogP contribution is 2.39. The molecule has 0 unspecified atom stereocenters. The maximum absolute atomic E-state index is 5.86. The first kappa shape index (κ1) is 17.5. The van der Waals surface area contributed by atoms with Crippen LogP contribution in [0.5, 0.6) is 0 Å². The summed E-state index contributed by atoms with van der Waals surface area (Å²) in [5, 5.41) is 4.33. The second-order valence-electron chi connectivity index (χ2n) is 7.04. The highest BCUT2D eigenvalue weighted by molar-refractivity contribution is 7.80. The van der Waals surface area contributed by atoms with E-state index >= 15 is 0 Å². The molecule has 26 heavy (non-hydrogen) atoms. The molecule has 1 N–H and O–H groups in total. The van der Waals surface area contributed by atoms with Crippen LogP contribution in [0.15, 0.2) is 42.7 Å². The van der Waals surface area contributed by atoms with E-state index < -0.39 is 0 Å². The molecule has 0 spiro atoms. The van der Waals surface area contributed by atoms with E-state index in [2.05, 4.69) is 51.1 Å². The van der Waals surface area contributed by atoms with Crippen LogP contribution >= 0.6 is 12.2 Å². The summed E-state index contributed by atoms with van der Waals surface area (Å²) in [5.41, 5.74) is 2.31. The Hall–Kier alpha value is -1.92. The van der Waals surface area contributed by atoms with Crippen molar-refractivity contribution in [1.82, 2.24) is 19.8 Å². The number of ether oxygens (including phenoxy) is 1. The number of rotatable bonds is 6. The monoisotopic (exact) mass is 370 g/mol. The van der Waals surface area contributed by atoms with E-state index in [-0.39, 0.29) is 12.1 Å². The zero-order valence-corrected chi connectivity index (χ0v) is 16.0. The molecular weight excluding hydrogens is 344 g/mol. The van der Waals surface area contributed by atoms with Crippen molar-refractivity contribution >= 4 is 17.3 Å². The van der Waals surface area contributed by atoms with Gasteiger partial charge in [-0.05, 0) is 55.7 Å². The smallest absolute Gasteiger partial charge is 0.170 e. The molecule has 2 fully saturated rings. The Morgan fingerprint density at radius 2 is 2.23 bits per heavy atom. The fourth-order valence-corrected chi connectivity index (χ4v) is 4.41. The van der Waals surface area contributed by atoms with Gasteiger partial charge in [-0.3, -0.25) is 4.98 Å². The van der Waals surface area contributed by atoms with Gasteiger partial charge in [0.15, 0.2) is 5.11 Å². The Kier molecular flexibility index (Phi) is 5.22. The standard InChI is InChI=1S/C20H26N4OS/c1-2-11-24-19(18(22-20(24)26)16-8-3-4-10-21-16)17-9-5-12-23(17)14-15-7-6-13-25-15/h3-5,8-10,12,15,18-19H,2,6-7,11,13-14H2,1H3,(H,22,26)/t15-,18+,19-/m0/s1. The molecule has 0 radical (unpaired) electrons. The summed E-state index contributed by atoms with van der Waals surface area (Å²) in [4.78, 5) is 6.92. The molecule has 0 saturated carbocycles. The molecule has 0 amide bonds. The molecule has 0 aromatic carbocycles. The molecule has 0 bridgehead atoms. The molecule has 3 atom stereocenters. The van der Waals surface area contributed by atoms with E-state index in [9.17, 15) is 0 Å². The lowest BCUT2D eigenvalue weighted by Crippen LogP contribution is -2.31. The Labute approximate surface area is 160 Å². The summed E-state index contributed by atoms with van der Waals surface area (Å²) in [6.45, 7) is 4.92. The van der Waals surface area contributed by atoms with Crippen molar-refractivity contribution in [2.75, 3.05) is 13.2 Å². The summed E-state index contributed by atoms with van der Waals surface area (Å²) in [7, 11) is 0. The van der Waals surface area contributed by atoms with Crippen molar-refractivity contribution in [3.8, 4) is 0 Å². The average molecular weight is 371 g/mol. The maximum atomic E-state index is 5.86. The van der Waals surface area contributed by atoms with Gasteiger partial charge in [-0.25, -0.2) is 0 Å². The number of nitrogens with zero attached hydrogens (tertiary/aromatic N) is 3. The zero-order valence-electron chi connectivity index (χ0n) is 15.2. The SMILES string of the molecule is CCCN1C(=S)N[C@H](c2ccccn2)[C@@H]1c1cccn1C[C@@H]1CCCO1. The van der Waals surface area contributed by atoms with Gasteiger partial charge in [0, 0.05) is 37.8 Å². The van der Waals surface area contributed by atoms with Crippen LogP contribution in [0.1, 0.15) is 49.7 Å². The highest BCUT2D eigenvalue weighted by Gasteiger charge is 2.40. The molecule has 2 aromatic heterocycles. The second kappa shape index (κ2) is 7.76. The van der Waals surface area contributed by atoms with Crippen LogP contribution in [0, 0.1) is 0 Å². The van der Waals surface area contributed by atoms with E-state index in [1.165, 1.54) is 5.69 Å². The lowest BCUT2D eigenvalue weighted by molar-refractivity contribution is 0.0953. The van der Waals surface area contributed by atoms with Crippen LogP contribution in [-0.4, -0.2) is 38.8 Å². The van der Waals surface area contributed by atoms with Crippen molar-refractivity contribution in [2.24, 2.45) is 0 Å². The molecule has 2 aliphatic heterocycles. The van der Waals surface area contributed by atoms with E-state index in [0.717, 1.165) is 49.8 Å². The van der Waals surface area contributed by atoms with Crippen molar-refractivity contribution < 1.29 is 4.74 Å². The van der Waals surface area contributed by atoms with E-state index in [1.807, 2.05) is 18.3 Å². The molecule has 5 nitrogen and oxygen atoms in total. The first-order valence-corrected chi connectivity index (χ1v) is 9.93. The third-order valence-electron chi connectivity index (χ3n) is 5.25. The van der Waals surface area contributed by atoms with Gasteiger partial charge in [-0.2, -0.15) is 0 Å². The molecule has 6 heteroatoms. The molecular formula is C20H26N4OS. The van der Waals surface area contributed by atoms with Crippen molar-refractivity contribution in [3.63, 3.8) is 0 Å². The minimum atomic E-state index is 0.0633. The van der Waals surface area contributed by atoms with Crippen LogP contribution in [0.4, 0.5) is 0 Å². The first-order valence-electron chi connectivity index (χ1n) is 9.52. The lowest BCUT2D eigenvalue weighted by Gasteiger charge is -2.29. The van der Waals surface area contributed by atoms with Gasteiger partial charge in [-0.15, -0.1) is 0 Å². The van der Waals surface area contributed by atoms with Gasteiger partial charge in [0.25, 0.3) is 0 Å². The average Bonchev–Trinajstić information content (AvgIpc) is 3.39. The van der Waals surface area contributed by atoms with Crippen molar-refractivity contribution in [2.45, 2.75) is 50.9 Å². The summed E-state index contributed by atoms with van der Waals surface area (Å²) in [6.07, 6.45) is 7.69. The number of nitrogens with one attached hydrogen (secondary N) is 1. The maximum Gasteiger partial charge on any atom is 0.170 e. The third kappa shape index (κ3) is 3.35. The van der Waals surface area contributed by atoms with Crippen molar-refractivity contribution in [1.29, 1.82) is 0 Å². The topological polar surface area (TPSA) is 42.3 Å². The Balaban J connectivity index is 1.68. The molecule has 0 aliphatic carbocycles. The van der Waals surface area contributed by atoms with Gasteiger partial charge in [0.2, 0.25) is 0 Å². The molecule has 2 saturated heterocycles. The van der Waals surface area contributed by atoms with Crippen LogP contribution in [0.3, 0.4) is 0 Å². The minimum absolute atomic E-state index is 0.0633. The minimum Gasteiger partial charge on any atom is -0.376 e. The number of hydrogen-bond donors (Lipinski definition) is 1. The largest absolute Gasteiger partial charge is 0.376 e. The number of thiocarbonyl (C=S) groups is 1. The molecule has 2 aromatic rings. The van der Waals surface area contributed by atoms with Crippen molar-refractivity contribution in [3.05, 3.63) is 54.1 Å². The Morgan fingerprint density at radius 3 is 2.96 bits per heavy atom. The van der Waals surface area contributed by atoms with Gasteiger partial charge >= 0.3 is 0 Å². The van der Waals surface area contributed by atoms with Crippen LogP contribution in [-0.2, 0) is 11.3 Å². The molecule has 4 heterocycles. The highest BCUT2D eigenvalue weighted by atomic mass is 32.1. The van der Waals surface area contributed by atoms with Gasteiger partial charge in [0.1, 0.15) is 0 Å². The van der Waals surface area contributed by atoms with Gasteiger partial charge < -0.3 is 19.5 Å².